The van der Waals surface area contributed by atoms with Crippen molar-refractivity contribution in [2.24, 2.45) is 0 Å². The molecule has 0 unspecified atom stereocenters. The molecule has 2 amide bonds. The minimum atomic E-state index is -3.81. The van der Waals surface area contributed by atoms with Crippen LogP contribution in [0.1, 0.15) is 57.7 Å². The van der Waals surface area contributed by atoms with Crippen LogP contribution in [0.2, 0.25) is 4.71 Å². The fraction of sp³-hybridized carbons (Fsp3) is 0.320. The predicted octanol–water partition coefficient (Wildman–Crippen LogP) is 3.65. The van der Waals surface area contributed by atoms with Crippen molar-refractivity contribution in [2.75, 3.05) is 6.54 Å². The number of carbonyl (C=O) groups excluding carboxylic acids is 2. The Morgan fingerprint density at radius 3 is 2.43 bits per heavy atom. The molecule has 1 radical (unpaired) electrons. The van der Waals surface area contributed by atoms with Crippen molar-refractivity contribution in [3.8, 4) is 0 Å². The van der Waals surface area contributed by atoms with Gasteiger partial charge in [0.15, 0.2) is 0 Å². The molecule has 2 aliphatic rings. The number of imide groups is 1. The van der Waals surface area contributed by atoms with Crippen molar-refractivity contribution in [3.63, 3.8) is 0 Å². The van der Waals surface area contributed by atoms with Crippen LogP contribution in [0.3, 0.4) is 0 Å². The normalized spacial score (nSPS) is 16.7. The SMILES string of the molecule is O=C(O)[C@H](CCCN1C(=O)c2ccccc2C1=O)[As]S(=O)(=O)c1ccc2c3c(oc2c1)CCCC3. The summed E-state index contributed by atoms with van der Waals surface area (Å²) in [5.74, 6) is -1.10. The van der Waals surface area contributed by atoms with Gasteiger partial charge in [0, 0.05) is 0 Å². The average Bonchev–Trinajstić information content (AvgIpc) is 3.33. The molecule has 1 N–H and O–H groups in total. The van der Waals surface area contributed by atoms with Crippen molar-refractivity contribution in [1.29, 1.82) is 0 Å². The van der Waals surface area contributed by atoms with E-state index in [0.717, 1.165) is 47.3 Å². The van der Waals surface area contributed by atoms with Crippen LogP contribution in [0.4, 0.5) is 0 Å². The van der Waals surface area contributed by atoms with Gasteiger partial charge < -0.3 is 0 Å². The number of aryl methyl sites for hydroxylation is 2. The summed E-state index contributed by atoms with van der Waals surface area (Å²) in [6, 6.07) is 11.3. The van der Waals surface area contributed by atoms with Crippen LogP contribution >= 0.6 is 0 Å². The number of hydrogen-bond acceptors (Lipinski definition) is 6. The van der Waals surface area contributed by atoms with Crippen molar-refractivity contribution >= 4 is 51.4 Å². The van der Waals surface area contributed by atoms with Gasteiger partial charge in [0.05, 0.1) is 0 Å². The van der Waals surface area contributed by atoms with Gasteiger partial charge >= 0.3 is 208 Å². The molecule has 1 atom stereocenters. The molecule has 0 saturated heterocycles. The van der Waals surface area contributed by atoms with Gasteiger partial charge in [-0.2, -0.15) is 0 Å². The van der Waals surface area contributed by atoms with Gasteiger partial charge in [-0.1, -0.05) is 0 Å². The van der Waals surface area contributed by atoms with Gasteiger partial charge in [0.1, 0.15) is 0 Å². The summed E-state index contributed by atoms with van der Waals surface area (Å²) < 4.78 is 31.1. The second-order valence-electron chi connectivity index (χ2n) is 8.75. The maximum absolute atomic E-state index is 13.1. The Morgan fingerprint density at radius 2 is 1.74 bits per heavy atom. The quantitative estimate of drug-likeness (QED) is 0.332. The summed E-state index contributed by atoms with van der Waals surface area (Å²) in [6.07, 6.45) is 4.13. The fourth-order valence-electron chi connectivity index (χ4n) is 4.74. The van der Waals surface area contributed by atoms with Gasteiger partial charge in [0.2, 0.25) is 0 Å². The number of carboxylic acid groups (broad SMARTS) is 1. The Labute approximate surface area is 207 Å². The number of aliphatic carboxylic acids is 1. The van der Waals surface area contributed by atoms with E-state index < -0.39 is 45.2 Å². The zero-order valence-electron chi connectivity index (χ0n) is 18.8. The number of nitrogens with zero attached hydrogens (tertiary/aromatic N) is 1. The van der Waals surface area contributed by atoms with Crippen LogP contribution in [-0.4, -0.2) is 57.3 Å². The van der Waals surface area contributed by atoms with Crippen LogP contribution < -0.4 is 0 Å². The van der Waals surface area contributed by atoms with E-state index in [2.05, 4.69) is 0 Å². The maximum atomic E-state index is 13.1. The molecule has 0 saturated carbocycles. The molecule has 5 rings (SSSR count). The number of furan rings is 1. The van der Waals surface area contributed by atoms with Gasteiger partial charge in [-0.15, -0.1) is 0 Å². The number of hydrogen-bond donors (Lipinski definition) is 1. The van der Waals surface area contributed by atoms with Gasteiger partial charge in [-0.25, -0.2) is 0 Å². The molecule has 181 valence electrons. The van der Waals surface area contributed by atoms with E-state index in [1.165, 1.54) is 12.1 Å². The third-order valence-corrected chi connectivity index (χ3v) is 13.6. The Balaban J connectivity index is 1.27. The van der Waals surface area contributed by atoms with E-state index in [1.54, 1.807) is 30.3 Å². The molecule has 2 heterocycles. The second kappa shape index (κ2) is 9.28. The zero-order valence-corrected chi connectivity index (χ0v) is 21.5. The molecular formula is C25H23AsNO7S. The van der Waals surface area contributed by atoms with E-state index in [-0.39, 0.29) is 24.3 Å². The molecular weight excluding hydrogens is 533 g/mol. The number of carbonyl (C=O) groups is 3. The van der Waals surface area contributed by atoms with Crippen molar-refractivity contribution in [1.82, 2.24) is 4.90 Å². The van der Waals surface area contributed by atoms with Crippen molar-refractivity contribution in [2.45, 2.75) is 48.1 Å². The van der Waals surface area contributed by atoms with Crippen LogP contribution in [0, 0.1) is 0 Å². The number of fused-ring (bicyclic) bond motifs is 4. The van der Waals surface area contributed by atoms with E-state index in [9.17, 15) is 27.9 Å². The molecule has 1 aliphatic heterocycles. The minimum absolute atomic E-state index is 0.0429. The molecule has 8 nitrogen and oxygen atoms in total. The van der Waals surface area contributed by atoms with Gasteiger partial charge in [-0.05, 0) is 0 Å². The Morgan fingerprint density at radius 1 is 1.06 bits per heavy atom. The standard InChI is InChI=1S/C25H23AsNO7S/c28-23-18-7-1-2-8-19(18)24(29)27(23)13-5-9-20(25(30)31)26-35(32,33)15-11-12-17-16-6-3-4-10-21(16)34-22(17)14-15/h1-2,7-8,11-12,14,20H,3-6,9-10,13H2,(H,30,31)/t20-/m0/s1. The van der Waals surface area contributed by atoms with E-state index in [1.807, 2.05) is 0 Å². The number of rotatable bonds is 8. The van der Waals surface area contributed by atoms with E-state index >= 15 is 0 Å². The molecule has 10 heteroatoms. The van der Waals surface area contributed by atoms with Crippen molar-refractivity contribution < 1.29 is 32.3 Å². The van der Waals surface area contributed by atoms with Crippen molar-refractivity contribution in [3.05, 3.63) is 64.9 Å². The number of amides is 2. The van der Waals surface area contributed by atoms with Gasteiger partial charge in [0.25, 0.3) is 0 Å². The van der Waals surface area contributed by atoms with Crippen LogP contribution in [-0.2, 0) is 25.7 Å². The first-order chi connectivity index (χ1) is 16.8. The summed E-state index contributed by atoms with van der Waals surface area (Å²) in [5.41, 5.74) is 2.32. The second-order valence-corrected chi connectivity index (χ2v) is 16.0. The van der Waals surface area contributed by atoms with Crippen LogP contribution in [0.5, 0.6) is 0 Å². The summed E-state index contributed by atoms with van der Waals surface area (Å²) in [5, 5.41) is 10.6. The van der Waals surface area contributed by atoms with Crippen LogP contribution in [0.15, 0.2) is 51.8 Å². The molecule has 0 spiro atoms. The third kappa shape index (κ3) is 4.43. The first-order valence-corrected chi connectivity index (χ1v) is 16.3. The Kier molecular flexibility index (Phi) is 6.32. The number of carboxylic acids is 1. The summed E-state index contributed by atoms with van der Waals surface area (Å²) in [7, 11) is -3.81. The topological polar surface area (TPSA) is 122 Å². The molecule has 1 aromatic heterocycles. The van der Waals surface area contributed by atoms with Gasteiger partial charge in [-0.3, -0.25) is 0 Å². The van der Waals surface area contributed by atoms with E-state index in [0.29, 0.717) is 16.7 Å². The Hall–Kier alpha value is -2.90. The Bertz CT molecular complexity index is 1420. The fourth-order valence-corrected chi connectivity index (χ4v) is 11.1. The molecule has 1 aliphatic carbocycles. The first-order valence-electron chi connectivity index (χ1n) is 11.5. The zero-order chi connectivity index (χ0) is 24.7. The first kappa shape index (κ1) is 23.8. The monoisotopic (exact) mass is 556 g/mol. The molecule has 3 aromatic rings. The third-order valence-electron chi connectivity index (χ3n) is 6.51. The molecule has 0 fully saturated rings. The predicted molar refractivity (Wildman–Crippen MR) is 128 cm³/mol. The average molecular weight is 556 g/mol. The summed E-state index contributed by atoms with van der Waals surface area (Å²) in [6.45, 7) is 0.0429. The summed E-state index contributed by atoms with van der Waals surface area (Å²) in [4.78, 5) is 38.1. The molecule has 2 aromatic carbocycles. The van der Waals surface area contributed by atoms with Crippen LogP contribution in [0.25, 0.3) is 11.0 Å². The summed E-state index contributed by atoms with van der Waals surface area (Å²) >= 11 is -1.63. The molecule has 0 bridgehead atoms. The van der Waals surface area contributed by atoms with E-state index in [4.69, 9.17) is 4.42 Å². The number of benzene rings is 2. The molecule has 35 heavy (non-hydrogen) atoms.